The van der Waals surface area contributed by atoms with E-state index in [1.54, 1.807) is 38.1 Å². The number of nitriles is 1. The van der Waals surface area contributed by atoms with E-state index in [9.17, 15) is 9.59 Å². The SMILES string of the molecule is CCOC(=O)C(Cc1ccc(OCC#N)cc1)(OC[C@@H]1C[C@H](F)[C@H](n2cnc3c(N)nc(Cl)nc32)O1)C(=O)OCC. The fraction of sp³-hybridized carbons (Fsp3) is 0.462. The standard InChI is InChI=1S/C26H28ClFN6O7/c1-3-37-23(35)26(24(36)38-4-2,12-15-5-7-16(8-6-15)39-10-9-29)40-13-17-11-18(28)22(41-17)34-14-31-19-20(30)32-25(27)33-21(19)34/h5-8,14,17-18,22H,3-4,10-13H2,1-2H3,(H2,30,32,33)/t17-,18-,22+/m0/s1. The van der Waals surface area contributed by atoms with Crippen molar-refractivity contribution in [2.24, 2.45) is 0 Å². The zero-order valence-corrected chi connectivity index (χ0v) is 23.0. The number of nitrogen functional groups attached to an aromatic ring is 1. The first-order valence-corrected chi connectivity index (χ1v) is 13.1. The summed E-state index contributed by atoms with van der Waals surface area (Å²) in [5, 5.41) is 8.58. The van der Waals surface area contributed by atoms with Crippen LogP contribution in [-0.2, 0) is 35.0 Å². The van der Waals surface area contributed by atoms with E-state index in [0.717, 1.165) is 0 Å². The monoisotopic (exact) mass is 590 g/mol. The Morgan fingerprint density at radius 3 is 2.54 bits per heavy atom. The Labute approximate surface area is 239 Å². The van der Waals surface area contributed by atoms with E-state index in [1.807, 2.05) is 6.07 Å². The van der Waals surface area contributed by atoms with Crippen molar-refractivity contribution in [3.05, 3.63) is 41.4 Å². The van der Waals surface area contributed by atoms with Crippen LogP contribution in [0, 0.1) is 11.3 Å². The van der Waals surface area contributed by atoms with Gasteiger partial charge in [0.1, 0.15) is 23.5 Å². The van der Waals surface area contributed by atoms with Crippen LogP contribution in [0.1, 0.15) is 32.1 Å². The van der Waals surface area contributed by atoms with Gasteiger partial charge in [0, 0.05) is 12.8 Å². The summed E-state index contributed by atoms with van der Waals surface area (Å²) in [6.45, 7) is 2.64. The smallest absolute Gasteiger partial charge is 0.350 e. The van der Waals surface area contributed by atoms with Crippen LogP contribution in [0.2, 0.25) is 5.28 Å². The molecule has 1 aliphatic rings. The molecule has 2 aromatic heterocycles. The Bertz CT molecular complexity index is 1410. The molecule has 1 fully saturated rings. The number of esters is 2. The first-order chi connectivity index (χ1) is 19.7. The second-order valence-corrected chi connectivity index (χ2v) is 9.29. The maximum Gasteiger partial charge on any atom is 0.350 e. The number of carbonyl (C=O) groups is 2. The Hall–Kier alpha value is -4.06. The first-order valence-electron chi connectivity index (χ1n) is 12.7. The largest absolute Gasteiger partial charge is 0.479 e. The predicted octanol–water partition coefficient (Wildman–Crippen LogP) is 2.71. The highest BCUT2D eigenvalue weighted by molar-refractivity contribution is 6.28. The van der Waals surface area contributed by atoms with E-state index < -0.39 is 36.0 Å². The number of benzene rings is 1. The van der Waals surface area contributed by atoms with Crippen molar-refractivity contribution in [2.45, 2.75) is 50.8 Å². The Balaban J connectivity index is 1.57. The van der Waals surface area contributed by atoms with Crippen molar-refractivity contribution in [3.63, 3.8) is 0 Å². The molecule has 218 valence electrons. The van der Waals surface area contributed by atoms with Gasteiger partial charge in [-0.15, -0.1) is 0 Å². The van der Waals surface area contributed by atoms with Gasteiger partial charge < -0.3 is 29.4 Å². The molecule has 3 heterocycles. The van der Waals surface area contributed by atoms with Crippen molar-refractivity contribution in [1.82, 2.24) is 19.5 Å². The third kappa shape index (κ3) is 6.48. The molecule has 41 heavy (non-hydrogen) atoms. The molecular weight excluding hydrogens is 563 g/mol. The van der Waals surface area contributed by atoms with E-state index in [-0.39, 0.29) is 61.5 Å². The van der Waals surface area contributed by atoms with Gasteiger partial charge in [0.15, 0.2) is 24.3 Å². The average molecular weight is 591 g/mol. The number of halogens is 2. The molecule has 1 saturated heterocycles. The number of nitrogens with two attached hydrogens (primary N) is 1. The molecular formula is C26H28ClFN6O7. The van der Waals surface area contributed by atoms with Crippen LogP contribution in [0.3, 0.4) is 0 Å². The number of nitrogens with zero attached hydrogens (tertiary/aromatic N) is 5. The van der Waals surface area contributed by atoms with Gasteiger partial charge in [0.2, 0.25) is 5.28 Å². The van der Waals surface area contributed by atoms with Crippen molar-refractivity contribution in [2.75, 3.05) is 32.2 Å². The normalized spacial score (nSPS) is 18.7. The summed E-state index contributed by atoms with van der Waals surface area (Å²) in [7, 11) is 0. The van der Waals surface area contributed by atoms with Gasteiger partial charge in [-0.25, -0.2) is 19.0 Å². The summed E-state index contributed by atoms with van der Waals surface area (Å²) in [6, 6.07) is 8.28. The van der Waals surface area contributed by atoms with Crippen LogP contribution in [0.15, 0.2) is 30.6 Å². The molecule has 0 spiro atoms. The van der Waals surface area contributed by atoms with Crippen LogP contribution in [0.5, 0.6) is 5.75 Å². The van der Waals surface area contributed by atoms with Gasteiger partial charge in [0.25, 0.3) is 5.60 Å². The number of ether oxygens (including phenoxy) is 5. The maximum absolute atomic E-state index is 15.2. The Morgan fingerprint density at radius 2 is 1.90 bits per heavy atom. The molecule has 0 aliphatic carbocycles. The number of imidazole rings is 1. The van der Waals surface area contributed by atoms with Gasteiger partial charge in [0.05, 0.1) is 32.3 Å². The first kappa shape index (κ1) is 29.9. The molecule has 0 bridgehead atoms. The van der Waals surface area contributed by atoms with Crippen molar-refractivity contribution >= 4 is 40.5 Å². The van der Waals surface area contributed by atoms with Gasteiger partial charge in [-0.3, -0.25) is 4.57 Å². The minimum absolute atomic E-state index is 0.0277. The maximum atomic E-state index is 15.2. The van der Waals surface area contributed by atoms with E-state index in [2.05, 4.69) is 15.0 Å². The zero-order chi connectivity index (χ0) is 29.6. The molecule has 0 saturated carbocycles. The summed E-state index contributed by atoms with van der Waals surface area (Å²) in [6.07, 6.45) is -2.59. The summed E-state index contributed by atoms with van der Waals surface area (Å²) in [5.74, 6) is -1.46. The minimum Gasteiger partial charge on any atom is -0.479 e. The van der Waals surface area contributed by atoms with E-state index in [4.69, 9.17) is 46.3 Å². The lowest BCUT2D eigenvalue weighted by molar-refractivity contribution is -0.195. The molecule has 2 N–H and O–H groups in total. The number of hydrogen-bond acceptors (Lipinski definition) is 12. The molecule has 0 radical (unpaired) electrons. The number of rotatable bonds is 12. The van der Waals surface area contributed by atoms with E-state index in [1.165, 1.54) is 10.9 Å². The number of fused-ring (bicyclic) bond motifs is 1. The average Bonchev–Trinajstić information content (AvgIpc) is 3.53. The number of aromatic nitrogens is 4. The second-order valence-electron chi connectivity index (χ2n) is 8.95. The summed E-state index contributed by atoms with van der Waals surface area (Å²) in [4.78, 5) is 38.6. The van der Waals surface area contributed by atoms with Gasteiger partial charge in [-0.05, 0) is 43.1 Å². The lowest BCUT2D eigenvalue weighted by atomic mass is 9.93. The van der Waals surface area contributed by atoms with Gasteiger partial charge in [-0.2, -0.15) is 15.2 Å². The predicted molar refractivity (Wildman–Crippen MR) is 141 cm³/mol. The highest BCUT2D eigenvalue weighted by atomic mass is 35.5. The van der Waals surface area contributed by atoms with Crippen LogP contribution >= 0.6 is 11.6 Å². The molecule has 1 aliphatic heterocycles. The fourth-order valence-electron chi connectivity index (χ4n) is 4.38. The van der Waals surface area contributed by atoms with Crippen molar-refractivity contribution in [3.8, 4) is 11.8 Å². The molecule has 3 atom stereocenters. The van der Waals surface area contributed by atoms with Crippen LogP contribution in [-0.4, -0.2) is 75.8 Å². The molecule has 0 amide bonds. The molecule has 0 unspecified atom stereocenters. The highest BCUT2D eigenvalue weighted by Gasteiger charge is 2.52. The molecule has 4 rings (SSSR count). The van der Waals surface area contributed by atoms with E-state index in [0.29, 0.717) is 11.3 Å². The molecule has 1 aromatic carbocycles. The van der Waals surface area contributed by atoms with Gasteiger partial charge in [-0.1, -0.05) is 12.1 Å². The number of carbonyl (C=O) groups excluding carboxylic acids is 2. The lowest BCUT2D eigenvalue weighted by Crippen LogP contribution is -2.54. The lowest BCUT2D eigenvalue weighted by Gasteiger charge is -2.30. The molecule has 13 nitrogen and oxygen atoms in total. The quantitative estimate of drug-likeness (QED) is 0.186. The number of hydrogen-bond donors (Lipinski definition) is 1. The minimum atomic E-state index is -2.20. The van der Waals surface area contributed by atoms with Crippen LogP contribution in [0.25, 0.3) is 11.2 Å². The second kappa shape index (κ2) is 13.1. The van der Waals surface area contributed by atoms with E-state index >= 15 is 4.39 Å². The summed E-state index contributed by atoms with van der Waals surface area (Å²) in [5.41, 5.74) is 4.59. The van der Waals surface area contributed by atoms with Crippen molar-refractivity contribution < 1.29 is 37.7 Å². The third-order valence-corrected chi connectivity index (χ3v) is 6.40. The topological polar surface area (TPSA) is 174 Å². The summed E-state index contributed by atoms with van der Waals surface area (Å²) < 4.78 is 44.2. The fourth-order valence-corrected chi connectivity index (χ4v) is 4.55. The van der Waals surface area contributed by atoms with Crippen molar-refractivity contribution in [1.29, 1.82) is 5.26 Å². The summed E-state index contributed by atoms with van der Waals surface area (Å²) >= 11 is 5.93. The van der Waals surface area contributed by atoms with Crippen LogP contribution < -0.4 is 10.5 Å². The number of alkyl halides is 1. The Kier molecular flexibility index (Phi) is 9.53. The van der Waals surface area contributed by atoms with Crippen LogP contribution in [0.4, 0.5) is 10.2 Å². The Morgan fingerprint density at radius 1 is 1.22 bits per heavy atom. The third-order valence-electron chi connectivity index (χ3n) is 6.23. The van der Waals surface area contributed by atoms with Gasteiger partial charge >= 0.3 is 11.9 Å². The number of anilines is 1. The zero-order valence-electron chi connectivity index (χ0n) is 22.3. The molecule has 3 aromatic rings. The molecule has 15 heteroatoms. The highest BCUT2D eigenvalue weighted by Crippen LogP contribution is 2.35.